The van der Waals surface area contributed by atoms with Crippen molar-refractivity contribution in [1.29, 1.82) is 0 Å². The summed E-state index contributed by atoms with van der Waals surface area (Å²) in [6, 6.07) is 50.9. The summed E-state index contributed by atoms with van der Waals surface area (Å²) in [7, 11) is 0. The summed E-state index contributed by atoms with van der Waals surface area (Å²) >= 11 is 0. The van der Waals surface area contributed by atoms with Crippen LogP contribution in [0.25, 0.3) is 61.4 Å². The maximum atomic E-state index is 5.04. The van der Waals surface area contributed by atoms with Crippen LogP contribution in [0.3, 0.4) is 0 Å². The maximum Gasteiger partial charge on any atom is 0.320 e. The number of nitrogens with zero attached hydrogens (tertiary/aromatic N) is 4. The van der Waals surface area contributed by atoms with Crippen LogP contribution in [-0.2, 0) is 0 Å². The Bertz CT molecular complexity index is 2260. The Morgan fingerprint density at radius 2 is 1.09 bits per heavy atom. The van der Waals surface area contributed by atoms with Crippen LogP contribution in [0, 0.1) is 0 Å². The van der Waals surface area contributed by atoms with Crippen LogP contribution >= 0.6 is 0 Å². The highest BCUT2D eigenvalue weighted by molar-refractivity contribution is 6.84. The van der Waals surface area contributed by atoms with Gasteiger partial charge in [-0.3, -0.25) is 0 Å². The fraction of sp³-hybridized carbons (Fsp3) is 0. The molecule has 9 rings (SSSR count). The lowest BCUT2D eigenvalue weighted by Crippen LogP contribution is -2.49. The molecule has 0 N–H and O–H groups in total. The number of rotatable bonds is 4. The van der Waals surface area contributed by atoms with E-state index in [-0.39, 0.29) is 6.85 Å². The van der Waals surface area contributed by atoms with E-state index in [1.807, 2.05) is 60.7 Å². The Kier molecular flexibility index (Phi) is 6.20. The molecule has 0 unspecified atom stereocenters. The standard InChI is InChI=1S/C41H27BN4/c1-4-13-28(14-5-1)33-21-12-22-36-37(33)35-24-23-29-15-10-11-20-34(29)38(35)46-27-32(25-26-42(36)46)41-44-39(30-16-6-2-7-17-30)43-40(45-41)31-18-8-3-9-19-31/h1-27H. The van der Waals surface area contributed by atoms with E-state index in [0.717, 1.165) is 16.7 Å². The molecular weight excluding hydrogens is 559 g/mol. The third-order valence-electron chi connectivity index (χ3n) is 8.92. The number of aromatic nitrogens is 3. The third-order valence-corrected chi connectivity index (χ3v) is 8.92. The molecule has 0 saturated carbocycles. The van der Waals surface area contributed by atoms with Gasteiger partial charge in [-0.05, 0) is 27.5 Å². The number of allylic oxidation sites excluding steroid dienone is 2. The molecule has 0 fully saturated rings. The van der Waals surface area contributed by atoms with Crippen molar-refractivity contribution in [2.45, 2.75) is 0 Å². The van der Waals surface area contributed by atoms with Crippen LogP contribution < -0.4 is 10.3 Å². The van der Waals surface area contributed by atoms with E-state index in [1.165, 1.54) is 44.2 Å². The zero-order valence-electron chi connectivity index (χ0n) is 25.0. The summed E-state index contributed by atoms with van der Waals surface area (Å²) in [4.78, 5) is 17.4. The highest BCUT2D eigenvalue weighted by Gasteiger charge is 2.36. The van der Waals surface area contributed by atoms with Crippen molar-refractivity contribution in [3.05, 3.63) is 170 Å². The molecular formula is C41H27BN4. The molecule has 5 heteroatoms. The molecule has 7 aromatic rings. The van der Waals surface area contributed by atoms with Gasteiger partial charge in [0.2, 0.25) is 0 Å². The maximum absolute atomic E-state index is 5.04. The fourth-order valence-electron chi connectivity index (χ4n) is 6.80. The highest BCUT2D eigenvalue weighted by atomic mass is 15.1. The molecule has 4 nitrogen and oxygen atoms in total. The number of hydrogen-bond acceptors (Lipinski definition) is 4. The number of fused-ring (bicyclic) bond motifs is 8. The Labute approximate surface area is 268 Å². The Balaban J connectivity index is 1.26. The molecule has 0 amide bonds. The fourth-order valence-corrected chi connectivity index (χ4v) is 6.80. The van der Waals surface area contributed by atoms with Crippen LogP contribution in [0.4, 0.5) is 5.69 Å². The molecule has 3 heterocycles. The molecule has 0 atom stereocenters. The van der Waals surface area contributed by atoms with E-state index in [1.54, 1.807) is 0 Å². The number of anilines is 1. The highest BCUT2D eigenvalue weighted by Crippen LogP contribution is 2.46. The van der Waals surface area contributed by atoms with Crippen molar-refractivity contribution in [3.63, 3.8) is 0 Å². The minimum Gasteiger partial charge on any atom is -0.382 e. The van der Waals surface area contributed by atoms with E-state index in [0.29, 0.717) is 17.5 Å². The van der Waals surface area contributed by atoms with Crippen LogP contribution in [0.2, 0.25) is 0 Å². The quantitative estimate of drug-likeness (QED) is 0.193. The molecule has 2 aliphatic heterocycles. The molecule has 214 valence electrons. The lowest BCUT2D eigenvalue weighted by Gasteiger charge is -2.38. The average Bonchev–Trinajstić information content (AvgIpc) is 3.15. The van der Waals surface area contributed by atoms with Gasteiger partial charge in [0.25, 0.3) is 0 Å². The molecule has 6 aromatic carbocycles. The largest absolute Gasteiger partial charge is 0.382 e. The van der Waals surface area contributed by atoms with Gasteiger partial charge in [0.15, 0.2) is 17.5 Å². The normalized spacial score (nSPS) is 13.2. The first-order valence-electron chi connectivity index (χ1n) is 15.6. The lowest BCUT2D eigenvalue weighted by molar-refractivity contribution is 1.04. The van der Waals surface area contributed by atoms with Gasteiger partial charge in [0.1, 0.15) is 0 Å². The van der Waals surface area contributed by atoms with E-state index in [4.69, 9.17) is 15.0 Å². The second-order valence-electron chi connectivity index (χ2n) is 11.7. The SMILES string of the molecule is C1=CC(c2nc(-c3ccccc3)nc(-c3ccccc3)n2)=CN2B1c1cccc(-c3ccccc3)c1-c1ccc3ccccc3c12. The summed E-state index contributed by atoms with van der Waals surface area (Å²) in [5.41, 5.74) is 10.3. The van der Waals surface area contributed by atoms with Crippen molar-refractivity contribution in [2.75, 3.05) is 4.81 Å². The van der Waals surface area contributed by atoms with Crippen LogP contribution in [0.1, 0.15) is 5.82 Å². The summed E-state index contributed by atoms with van der Waals surface area (Å²) < 4.78 is 0. The van der Waals surface area contributed by atoms with E-state index >= 15 is 0 Å². The minimum atomic E-state index is 0.0183. The minimum absolute atomic E-state index is 0.0183. The van der Waals surface area contributed by atoms with Crippen LogP contribution in [0.15, 0.2) is 164 Å². The topological polar surface area (TPSA) is 41.9 Å². The predicted octanol–water partition coefficient (Wildman–Crippen LogP) is 8.86. The van der Waals surface area contributed by atoms with Crippen LogP contribution in [-0.4, -0.2) is 21.8 Å². The van der Waals surface area contributed by atoms with Gasteiger partial charge in [-0.2, -0.15) is 0 Å². The zero-order chi connectivity index (χ0) is 30.5. The first-order chi connectivity index (χ1) is 22.8. The van der Waals surface area contributed by atoms with Crippen molar-refractivity contribution in [1.82, 2.24) is 15.0 Å². The van der Waals surface area contributed by atoms with Crippen molar-refractivity contribution in [2.24, 2.45) is 0 Å². The monoisotopic (exact) mass is 586 g/mol. The second kappa shape index (κ2) is 10.8. The zero-order valence-corrected chi connectivity index (χ0v) is 25.0. The van der Waals surface area contributed by atoms with Gasteiger partial charge in [-0.15, -0.1) is 0 Å². The molecule has 46 heavy (non-hydrogen) atoms. The molecule has 1 aromatic heterocycles. The number of hydrogen-bond donors (Lipinski definition) is 0. The van der Waals surface area contributed by atoms with Gasteiger partial charge in [0.05, 0.1) is 0 Å². The first-order valence-corrected chi connectivity index (χ1v) is 15.6. The lowest BCUT2D eigenvalue weighted by atomic mass is 9.48. The molecule has 0 aliphatic carbocycles. The number of benzene rings is 6. The molecule has 0 radical (unpaired) electrons. The Morgan fingerprint density at radius 1 is 0.478 bits per heavy atom. The van der Waals surface area contributed by atoms with E-state index in [9.17, 15) is 0 Å². The summed E-state index contributed by atoms with van der Waals surface area (Å²) in [6.45, 7) is 0.0183. The predicted molar refractivity (Wildman–Crippen MR) is 191 cm³/mol. The summed E-state index contributed by atoms with van der Waals surface area (Å²) in [5, 5.41) is 2.43. The summed E-state index contributed by atoms with van der Waals surface area (Å²) in [6.07, 6.45) is 4.40. The molecule has 0 bridgehead atoms. The Hall–Kier alpha value is -6.07. The Morgan fingerprint density at radius 3 is 1.78 bits per heavy atom. The van der Waals surface area contributed by atoms with Crippen molar-refractivity contribution >= 4 is 34.3 Å². The second-order valence-corrected chi connectivity index (χ2v) is 11.7. The van der Waals surface area contributed by atoms with Gasteiger partial charge >= 0.3 is 6.85 Å². The third kappa shape index (κ3) is 4.36. The summed E-state index contributed by atoms with van der Waals surface area (Å²) in [5.74, 6) is 4.25. The molecule has 2 aliphatic rings. The van der Waals surface area contributed by atoms with Gasteiger partial charge in [-0.25, -0.2) is 15.0 Å². The van der Waals surface area contributed by atoms with Crippen molar-refractivity contribution < 1.29 is 0 Å². The van der Waals surface area contributed by atoms with E-state index in [2.05, 4.69) is 108 Å². The average molecular weight is 587 g/mol. The van der Waals surface area contributed by atoms with Gasteiger partial charge < -0.3 is 4.81 Å². The smallest absolute Gasteiger partial charge is 0.320 e. The molecule has 0 spiro atoms. The van der Waals surface area contributed by atoms with Crippen LogP contribution in [0.5, 0.6) is 0 Å². The molecule has 0 saturated heterocycles. The van der Waals surface area contributed by atoms with Gasteiger partial charge in [0, 0.05) is 39.5 Å². The van der Waals surface area contributed by atoms with E-state index < -0.39 is 0 Å². The van der Waals surface area contributed by atoms with Crippen molar-refractivity contribution in [3.8, 4) is 45.0 Å². The van der Waals surface area contributed by atoms with Gasteiger partial charge in [-0.1, -0.05) is 158 Å². The first kappa shape index (κ1) is 26.3.